The number of fused-ring (bicyclic) bond motifs is 12. The zero-order valence-electron chi connectivity index (χ0n) is 34.4. The van der Waals surface area contributed by atoms with E-state index in [0.717, 1.165) is 116 Å². The summed E-state index contributed by atoms with van der Waals surface area (Å²) in [4.78, 5) is 0. The Balaban J connectivity index is 0.915. The first-order valence-electron chi connectivity index (χ1n) is 21.7. The van der Waals surface area contributed by atoms with E-state index in [1.54, 1.807) is 0 Å². The third kappa shape index (κ3) is 5.23. The van der Waals surface area contributed by atoms with E-state index >= 15 is 0 Å². The molecule has 0 radical (unpaired) electrons. The first-order chi connectivity index (χ1) is 31.7. The van der Waals surface area contributed by atoms with Gasteiger partial charge in [-0.2, -0.15) is 0 Å². The molecular formula is C60H35NO3. The number of benzene rings is 10. The lowest BCUT2D eigenvalue weighted by molar-refractivity contribution is 0.668. The van der Waals surface area contributed by atoms with Gasteiger partial charge in [-0.15, -0.1) is 0 Å². The molecule has 0 aliphatic rings. The molecule has 0 unspecified atom stereocenters. The highest BCUT2D eigenvalue weighted by Gasteiger charge is 2.19. The van der Waals surface area contributed by atoms with Crippen LogP contribution in [0.3, 0.4) is 0 Å². The highest BCUT2D eigenvalue weighted by atomic mass is 16.3. The van der Waals surface area contributed by atoms with Gasteiger partial charge in [0.15, 0.2) is 0 Å². The van der Waals surface area contributed by atoms with Crippen LogP contribution in [0, 0.1) is 0 Å². The Hall–Kier alpha value is -8.60. The molecule has 0 saturated heterocycles. The van der Waals surface area contributed by atoms with Gasteiger partial charge < -0.3 is 17.8 Å². The summed E-state index contributed by atoms with van der Waals surface area (Å²) in [7, 11) is 0. The number of furan rings is 3. The van der Waals surface area contributed by atoms with Crippen LogP contribution in [0.15, 0.2) is 226 Å². The lowest BCUT2D eigenvalue weighted by Gasteiger charge is -2.11. The SMILES string of the molecule is c1ccc2c(c1)oc1ccc(-c3ccc(-c4ccc5c(c4)c4cc(-c6cccc7oc8ccccc8c67)ccc4n5-c4ccc(-c5cccc6oc7ccccc7c56)cc4)cc3)cc12. The van der Waals surface area contributed by atoms with Crippen molar-refractivity contribution in [1.29, 1.82) is 0 Å². The highest BCUT2D eigenvalue weighted by Crippen LogP contribution is 2.42. The van der Waals surface area contributed by atoms with Gasteiger partial charge in [-0.05, 0) is 123 Å². The van der Waals surface area contributed by atoms with Crippen molar-refractivity contribution in [2.24, 2.45) is 0 Å². The number of rotatable bonds is 5. The summed E-state index contributed by atoms with van der Waals surface area (Å²) in [5, 5.41) is 9.19. The minimum Gasteiger partial charge on any atom is -0.456 e. The van der Waals surface area contributed by atoms with Crippen LogP contribution in [0.25, 0.3) is 138 Å². The summed E-state index contributed by atoms with van der Waals surface area (Å²) in [5.74, 6) is 0. The van der Waals surface area contributed by atoms with Crippen LogP contribution >= 0.6 is 0 Å². The van der Waals surface area contributed by atoms with Crippen molar-refractivity contribution in [3.63, 3.8) is 0 Å². The maximum absolute atomic E-state index is 6.34. The molecule has 0 bridgehead atoms. The monoisotopic (exact) mass is 817 g/mol. The molecule has 14 rings (SSSR count). The van der Waals surface area contributed by atoms with Gasteiger partial charge in [-0.25, -0.2) is 0 Å². The molecule has 4 aromatic heterocycles. The molecule has 0 aliphatic carbocycles. The number of para-hydroxylation sites is 3. The van der Waals surface area contributed by atoms with Crippen LogP contribution in [-0.4, -0.2) is 4.57 Å². The largest absolute Gasteiger partial charge is 0.456 e. The normalized spacial score (nSPS) is 12.1. The van der Waals surface area contributed by atoms with Crippen LogP contribution in [0.1, 0.15) is 0 Å². The average molecular weight is 818 g/mol. The third-order valence-corrected chi connectivity index (χ3v) is 13.2. The molecule has 0 spiro atoms. The van der Waals surface area contributed by atoms with Gasteiger partial charge in [0.2, 0.25) is 0 Å². The first kappa shape index (κ1) is 35.0. The van der Waals surface area contributed by atoms with Crippen molar-refractivity contribution < 1.29 is 13.3 Å². The van der Waals surface area contributed by atoms with Crippen molar-refractivity contribution in [2.75, 3.05) is 0 Å². The molecule has 0 N–H and O–H groups in total. The molecule has 4 heterocycles. The standard InChI is InChI=1S/C60H35NO3/c1-4-14-53-45(9-1)50-34-40(27-32-56(50)62-53)37-21-19-36(20-22-37)39-25-30-51-48(33-39)49-35-41(44-13-8-18-58-60(44)47-11-3-6-16-55(47)64-58)26-31-52(49)61(51)42-28-23-38(24-29-42)43-12-7-17-57-59(43)46-10-2-5-15-54(46)63-57/h1-35H. The Morgan fingerprint density at radius 2 is 0.656 bits per heavy atom. The predicted octanol–water partition coefficient (Wildman–Crippen LogP) is 17.1. The minimum atomic E-state index is 0.893. The molecule has 10 aromatic carbocycles. The maximum Gasteiger partial charge on any atom is 0.136 e. The van der Waals surface area contributed by atoms with E-state index in [4.69, 9.17) is 13.3 Å². The fourth-order valence-corrected chi connectivity index (χ4v) is 10.2. The van der Waals surface area contributed by atoms with E-state index in [-0.39, 0.29) is 0 Å². The molecule has 0 fully saturated rings. The Morgan fingerprint density at radius 1 is 0.250 bits per heavy atom. The van der Waals surface area contributed by atoms with Crippen molar-refractivity contribution in [3.8, 4) is 50.2 Å². The summed E-state index contributed by atoms with van der Waals surface area (Å²) < 4.78 is 21.1. The summed E-state index contributed by atoms with van der Waals surface area (Å²) in [6, 6.07) is 75.8. The Labute approximate surface area is 366 Å². The van der Waals surface area contributed by atoms with E-state index in [1.165, 1.54) is 21.9 Å². The van der Waals surface area contributed by atoms with Gasteiger partial charge in [-0.1, -0.05) is 133 Å². The van der Waals surface area contributed by atoms with Crippen LogP contribution in [0.5, 0.6) is 0 Å². The lowest BCUT2D eigenvalue weighted by atomic mass is 9.96. The quantitative estimate of drug-likeness (QED) is 0.174. The second-order valence-corrected chi connectivity index (χ2v) is 16.8. The molecule has 14 aromatic rings. The number of hydrogen-bond acceptors (Lipinski definition) is 3. The van der Waals surface area contributed by atoms with Crippen molar-refractivity contribution in [2.45, 2.75) is 0 Å². The van der Waals surface area contributed by atoms with Crippen LogP contribution in [0.2, 0.25) is 0 Å². The Morgan fingerprint density at radius 3 is 1.27 bits per heavy atom. The average Bonchev–Trinajstić information content (AvgIpc) is 4.12. The number of hydrogen-bond donors (Lipinski definition) is 0. The molecule has 64 heavy (non-hydrogen) atoms. The van der Waals surface area contributed by atoms with Crippen LogP contribution < -0.4 is 0 Å². The minimum absolute atomic E-state index is 0.893. The second kappa shape index (κ2) is 13.4. The highest BCUT2D eigenvalue weighted by molar-refractivity contribution is 6.16. The Kier molecular flexibility index (Phi) is 7.36. The van der Waals surface area contributed by atoms with Crippen molar-refractivity contribution in [3.05, 3.63) is 212 Å². The molecule has 0 saturated carbocycles. The topological polar surface area (TPSA) is 44.4 Å². The first-order valence-corrected chi connectivity index (χ1v) is 21.7. The predicted molar refractivity (Wildman–Crippen MR) is 264 cm³/mol. The van der Waals surface area contributed by atoms with E-state index in [1.807, 2.05) is 36.4 Å². The van der Waals surface area contributed by atoms with Crippen LogP contribution in [0.4, 0.5) is 0 Å². The second-order valence-electron chi connectivity index (χ2n) is 16.8. The summed E-state index contributed by atoms with van der Waals surface area (Å²) in [5.41, 5.74) is 18.1. The number of aromatic nitrogens is 1. The lowest BCUT2D eigenvalue weighted by Crippen LogP contribution is -1.94. The summed E-state index contributed by atoms with van der Waals surface area (Å²) >= 11 is 0. The van der Waals surface area contributed by atoms with Gasteiger partial charge in [0.1, 0.15) is 33.5 Å². The molecule has 4 nitrogen and oxygen atoms in total. The van der Waals surface area contributed by atoms with Crippen LogP contribution in [-0.2, 0) is 0 Å². The smallest absolute Gasteiger partial charge is 0.136 e. The number of nitrogens with zero attached hydrogens (tertiary/aromatic N) is 1. The van der Waals surface area contributed by atoms with E-state index in [9.17, 15) is 0 Å². The molecule has 298 valence electrons. The van der Waals surface area contributed by atoms with Gasteiger partial charge >= 0.3 is 0 Å². The van der Waals surface area contributed by atoms with Gasteiger partial charge in [-0.3, -0.25) is 0 Å². The summed E-state index contributed by atoms with van der Waals surface area (Å²) in [6.45, 7) is 0. The van der Waals surface area contributed by atoms with Gasteiger partial charge in [0.25, 0.3) is 0 Å². The van der Waals surface area contributed by atoms with Gasteiger partial charge in [0.05, 0.1) is 11.0 Å². The Bertz CT molecular complexity index is 4180. The fraction of sp³-hybridized carbons (Fsp3) is 0. The molecule has 4 heteroatoms. The summed E-state index contributed by atoms with van der Waals surface area (Å²) in [6.07, 6.45) is 0. The molecule has 0 amide bonds. The van der Waals surface area contributed by atoms with E-state index < -0.39 is 0 Å². The van der Waals surface area contributed by atoms with Gasteiger partial charge in [0, 0.05) is 48.8 Å². The maximum atomic E-state index is 6.34. The molecular weight excluding hydrogens is 783 g/mol. The van der Waals surface area contributed by atoms with Crippen molar-refractivity contribution >= 4 is 87.6 Å². The fourth-order valence-electron chi connectivity index (χ4n) is 10.2. The molecule has 0 aliphatic heterocycles. The van der Waals surface area contributed by atoms with Crippen molar-refractivity contribution in [1.82, 2.24) is 4.57 Å². The molecule has 0 atom stereocenters. The third-order valence-electron chi connectivity index (χ3n) is 13.2. The van der Waals surface area contributed by atoms with E-state index in [2.05, 4.69) is 180 Å². The van der Waals surface area contributed by atoms with E-state index in [0.29, 0.717) is 0 Å². The zero-order valence-corrected chi connectivity index (χ0v) is 34.4. The zero-order chi connectivity index (χ0) is 41.9.